The summed E-state index contributed by atoms with van der Waals surface area (Å²) in [4.78, 5) is 5.00. The maximum atomic E-state index is 2.60. The average Bonchev–Trinajstić information content (AvgIpc) is 2.30. The van der Waals surface area contributed by atoms with E-state index < -0.39 is 0 Å². The third-order valence-electron chi connectivity index (χ3n) is 3.80. The summed E-state index contributed by atoms with van der Waals surface area (Å²) in [5, 5.41) is 0. The number of hydrogen-bond donors (Lipinski definition) is 0. The lowest BCUT2D eigenvalue weighted by Crippen LogP contribution is -2.46. The van der Waals surface area contributed by atoms with Crippen LogP contribution in [0.3, 0.4) is 0 Å². The molecule has 2 fully saturated rings. The minimum atomic E-state index is 0.846. The van der Waals surface area contributed by atoms with Gasteiger partial charge >= 0.3 is 0 Å². The zero-order valence-corrected chi connectivity index (χ0v) is 8.45. The molecule has 0 aromatic rings. The topological polar surface area (TPSA) is 6.48 Å². The monoisotopic (exact) mass is 168 g/mol. The summed E-state index contributed by atoms with van der Waals surface area (Å²) in [6.45, 7) is 0. The van der Waals surface area contributed by atoms with Crippen LogP contribution in [0.1, 0.15) is 25.7 Å². The van der Waals surface area contributed by atoms with Gasteiger partial charge in [-0.2, -0.15) is 0 Å². The highest BCUT2D eigenvalue weighted by atomic mass is 15.2. The van der Waals surface area contributed by atoms with Crippen LogP contribution in [0.4, 0.5) is 0 Å². The lowest BCUT2D eigenvalue weighted by Gasteiger charge is -2.39. The molecule has 2 aliphatic heterocycles. The molecular weight excluding hydrogens is 148 g/mol. The van der Waals surface area contributed by atoms with Crippen molar-refractivity contribution in [1.29, 1.82) is 0 Å². The van der Waals surface area contributed by atoms with Crippen molar-refractivity contribution in [1.82, 2.24) is 9.80 Å². The molecule has 2 bridgehead atoms. The van der Waals surface area contributed by atoms with E-state index in [1.54, 1.807) is 0 Å². The summed E-state index contributed by atoms with van der Waals surface area (Å²) in [5.74, 6) is 0. The van der Waals surface area contributed by atoms with Crippen molar-refractivity contribution in [3.05, 3.63) is 0 Å². The van der Waals surface area contributed by atoms with Crippen LogP contribution in [0.25, 0.3) is 0 Å². The van der Waals surface area contributed by atoms with E-state index in [2.05, 4.69) is 30.9 Å². The van der Waals surface area contributed by atoms with Gasteiger partial charge in [0.15, 0.2) is 0 Å². The average molecular weight is 168 g/mol. The molecule has 2 heterocycles. The van der Waals surface area contributed by atoms with Gasteiger partial charge in [0.2, 0.25) is 0 Å². The quantitative estimate of drug-likeness (QED) is 0.580. The summed E-state index contributed by atoms with van der Waals surface area (Å²) in [5.41, 5.74) is 0. The second-order valence-corrected chi connectivity index (χ2v) is 4.64. The summed E-state index contributed by atoms with van der Waals surface area (Å²) < 4.78 is 0. The molecule has 0 saturated carbocycles. The number of rotatable bonds is 1. The summed E-state index contributed by atoms with van der Waals surface area (Å²) >= 11 is 0. The predicted molar refractivity (Wildman–Crippen MR) is 51.3 cm³/mol. The molecular formula is C10H20N2. The molecule has 0 aromatic heterocycles. The Kier molecular flexibility index (Phi) is 2.13. The molecule has 2 nitrogen and oxygen atoms in total. The number of piperidine rings is 1. The molecule has 2 aliphatic rings. The van der Waals surface area contributed by atoms with Crippen LogP contribution in [-0.2, 0) is 0 Å². The molecule has 3 atom stereocenters. The molecule has 0 amide bonds. The van der Waals surface area contributed by atoms with Gasteiger partial charge in [-0.25, -0.2) is 0 Å². The second kappa shape index (κ2) is 3.00. The van der Waals surface area contributed by atoms with Crippen molar-refractivity contribution in [3.63, 3.8) is 0 Å². The Balaban J connectivity index is 2.02. The Hall–Kier alpha value is -0.0800. The van der Waals surface area contributed by atoms with Crippen LogP contribution in [0.2, 0.25) is 0 Å². The van der Waals surface area contributed by atoms with Crippen molar-refractivity contribution < 1.29 is 0 Å². The SMILES string of the molecule is CN(C)[C@H]1C[C@H]2CC[C@@H](C1)N2C. The van der Waals surface area contributed by atoms with Gasteiger partial charge in [-0.05, 0) is 46.8 Å². The molecule has 0 spiro atoms. The maximum Gasteiger partial charge on any atom is 0.0119 e. The zero-order valence-electron chi connectivity index (χ0n) is 8.45. The Morgan fingerprint density at radius 1 is 1.08 bits per heavy atom. The second-order valence-electron chi connectivity index (χ2n) is 4.64. The first-order chi connectivity index (χ1) is 5.68. The molecule has 70 valence electrons. The van der Waals surface area contributed by atoms with Gasteiger partial charge < -0.3 is 9.80 Å². The van der Waals surface area contributed by atoms with Gasteiger partial charge in [-0.15, -0.1) is 0 Å². The van der Waals surface area contributed by atoms with Gasteiger partial charge in [0.25, 0.3) is 0 Å². The van der Waals surface area contributed by atoms with Crippen LogP contribution in [-0.4, -0.2) is 49.1 Å². The number of fused-ring (bicyclic) bond motifs is 2. The minimum Gasteiger partial charge on any atom is -0.306 e. The Morgan fingerprint density at radius 3 is 2.00 bits per heavy atom. The van der Waals surface area contributed by atoms with E-state index >= 15 is 0 Å². The molecule has 2 heteroatoms. The van der Waals surface area contributed by atoms with E-state index in [1.807, 2.05) is 0 Å². The van der Waals surface area contributed by atoms with E-state index in [4.69, 9.17) is 0 Å². The predicted octanol–water partition coefficient (Wildman–Crippen LogP) is 1.17. The van der Waals surface area contributed by atoms with Gasteiger partial charge in [-0.1, -0.05) is 0 Å². The van der Waals surface area contributed by atoms with Crippen LogP contribution >= 0.6 is 0 Å². The Morgan fingerprint density at radius 2 is 1.58 bits per heavy atom. The van der Waals surface area contributed by atoms with Crippen LogP contribution in [0, 0.1) is 0 Å². The highest BCUT2D eigenvalue weighted by molar-refractivity contribution is 4.95. The third kappa shape index (κ3) is 1.27. The van der Waals surface area contributed by atoms with Crippen molar-refractivity contribution in [2.45, 2.75) is 43.8 Å². The largest absolute Gasteiger partial charge is 0.306 e. The molecule has 0 aromatic carbocycles. The fourth-order valence-electron chi connectivity index (χ4n) is 2.80. The first kappa shape index (κ1) is 8.52. The number of nitrogens with zero attached hydrogens (tertiary/aromatic N) is 2. The molecule has 0 unspecified atom stereocenters. The summed E-state index contributed by atoms with van der Waals surface area (Å²) in [6, 6.07) is 2.62. The van der Waals surface area contributed by atoms with Crippen molar-refractivity contribution in [3.8, 4) is 0 Å². The van der Waals surface area contributed by atoms with Gasteiger partial charge in [-0.3, -0.25) is 0 Å². The zero-order chi connectivity index (χ0) is 8.72. The van der Waals surface area contributed by atoms with Crippen LogP contribution in [0.5, 0.6) is 0 Å². The third-order valence-corrected chi connectivity index (χ3v) is 3.80. The molecule has 2 rings (SSSR count). The van der Waals surface area contributed by atoms with E-state index in [-0.39, 0.29) is 0 Å². The smallest absolute Gasteiger partial charge is 0.0119 e. The van der Waals surface area contributed by atoms with Crippen LogP contribution in [0.15, 0.2) is 0 Å². The van der Waals surface area contributed by atoms with Crippen LogP contribution < -0.4 is 0 Å². The molecule has 0 N–H and O–H groups in total. The van der Waals surface area contributed by atoms with Crippen molar-refractivity contribution in [2.24, 2.45) is 0 Å². The number of hydrogen-bond acceptors (Lipinski definition) is 2. The standard InChI is InChI=1S/C10H20N2/c1-11(2)10-6-8-4-5-9(7-10)12(8)3/h8-10H,4-7H2,1-3H3/t8-,9+,10+. The van der Waals surface area contributed by atoms with Crippen molar-refractivity contribution >= 4 is 0 Å². The van der Waals surface area contributed by atoms with Crippen molar-refractivity contribution in [2.75, 3.05) is 21.1 Å². The Bertz CT molecular complexity index is 153. The Labute approximate surface area is 75.5 Å². The van der Waals surface area contributed by atoms with E-state index in [0.717, 1.165) is 18.1 Å². The van der Waals surface area contributed by atoms with Gasteiger partial charge in [0.1, 0.15) is 0 Å². The van der Waals surface area contributed by atoms with Gasteiger partial charge in [0, 0.05) is 18.1 Å². The minimum absolute atomic E-state index is 0.846. The fraction of sp³-hybridized carbons (Fsp3) is 1.00. The molecule has 2 saturated heterocycles. The van der Waals surface area contributed by atoms with E-state index in [0.29, 0.717) is 0 Å². The van der Waals surface area contributed by atoms with Gasteiger partial charge in [0.05, 0.1) is 0 Å². The first-order valence-corrected chi connectivity index (χ1v) is 5.07. The summed E-state index contributed by atoms with van der Waals surface area (Å²) in [7, 11) is 6.74. The van der Waals surface area contributed by atoms with E-state index in [9.17, 15) is 0 Å². The highest BCUT2D eigenvalue weighted by Gasteiger charge is 2.38. The molecule has 0 aliphatic carbocycles. The van der Waals surface area contributed by atoms with E-state index in [1.165, 1.54) is 25.7 Å². The molecule has 12 heavy (non-hydrogen) atoms. The maximum absolute atomic E-state index is 2.60. The fourth-order valence-corrected chi connectivity index (χ4v) is 2.80. The first-order valence-electron chi connectivity index (χ1n) is 5.07. The summed E-state index contributed by atoms with van der Waals surface area (Å²) in [6.07, 6.45) is 5.65. The molecule has 0 radical (unpaired) electrons. The lowest BCUT2D eigenvalue weighted by atomic mass is 9.97. The highest BCUT2D eigenvalue weighted by Crippen LogP contribution is 2.35. The lowest BCUT2D eigenvalue weighted by molar-refractivity contribution is 0.104. The normalized spacial score (nSPS) is 42.5.